The molecule has 0 saturated carbocycles. The van der Waals surface area contributed by atoms with Gasteiger partial charge in [0.05, 0.1) is 26.8 Å². The summed E-state index contributed by atoms with van der Waals surface area (Å²) in [6, 6.07) is 22.3. The van der Waals surface area contributed by atoms with Crippen molar-refractivity contribution in [1.29, 1.82) is 0 Å². The van der Waals surface area contributed by atoms with E-state index in [1.54, 1.807) is 24.4 Å². The fourth-order valence-electron chi connectivity index (χ4n) is 4.10. The van der Waals surface area contributed by atoms with E-state index in [0.29, 0.717) is 0 Å². The summed E-state index contributed by atoms with van der Waals surface area (Å²) in [5, 5.41) is 4.53. The Bertz CT molecular complexity index is 1620. The predicted octanol–water partition coefficient (Wildman–Crippen LogP) is 6.05. The van der Waals surface area contributed by atoms with E-state index in [0.717, 1.165) is 32.5 Å². The predicted molar refractivity (Wildman–Crippen MR) is 153 cm³/mol. The van der Waals surface area contributed by atoms with E-state index >= 15 is 0 Å². The van der Waals surface area contributed by atoms with E-state index in [1.807, 2.05) is 45.0 Å². The van der Waals surface area contributed by atoms with E-state index in [9.17, 15) is 13.2 Å². The third-order valence-corrected chi connectivity index (χ3v) is 8.46. The number of aromatic nitrogens is 1. The highest BCUT2D eigenvalue weighted by atomic mass is 35.5. The number of nitrogens with zero attached hydrogens (tertiary/aromatic N) is 3. The molecule has 0 spiro atoms. The zero-order valence-electron chi connectivity index (χ0n) is 21.0. The molecule has 196 valence electrons. The number of hydrogen-bond donors (Lipinski definition) is 1. The lowest BCUT2D eigenvalue weighted by molar-refractivity contribution is -0.119. The molecule has 4 rings (SSSR count). The number of benzene rings is 3. The van der Waals surface area contributed by atoms with Crippen LogP contribution >= 0.6 is 23.2 Å². The Morgan fingerprint density at radius 1 is 0.947 bits per heavy atom. The van der Waals surface area contributed by atoms with Crippen molar-refractivity contribution in [3.63, 3.8) is 0 Å². The smallest absolute Gasteiger partial charge is 0.264 e. The molecule has 7 nitrogen and oxygen atoms in total. The molecule has 0 aliphatic heterocycles. The Kier molecular flexibility index (Phi) is 8.26. The molecule has 0 radical (unpaired) electrons. The maximum Gasteiger partial charge on any atom is 0.264 e. The second-order valence-corrected chi connectivity index (χ2v) is 11.4. The lowest BCUT2D eigenvalue weighted by Crippen LogP contribution is -2.39. The van der Waals surface area contributed by atoms with Gasteiger partial charge in [0.1, 0.15) is 6.54 Å². The van der Waals surface area contributed by atoms with Crippen molar-refractivity contribution in [1.82, 2.24) is 9.99 Å². The first-order valence-corrected chi connectivity index (χ1v) is 13.9. The summed E-state index contributed by atoms with van der Waals surface area (Å²) >= 11 is 12.2. The monoisotopic (exact) mass is 568 g/mol. The molecule has 0 saturated heterocycles. The largest absolute Gasteiger partial charge is 0.318 e. The van der Waals surface area contributed by atoms with Crippen LogP contribution in [0.25, 0.3) is 5.69 Å². The molecule has 0 fully saturated rings. The Labute approximate surface area is 232 Å². The van der Waals surface area contributed by atoms with Gasteiger partial charge in [-0.15, -0.1) is 0 Å². The minimum Gasteiger partial charge on any atom is -0.318 e. The van der Waals surface area contributed by atoms with Crippen LogP contribution in [0.5, 0.6) is 0 Å². The van der Waals surface area contributed by atoms with Gasteiger partial charge in [-0.05, 0) is 74.9 Å². The quantitative estimate of drug-likeness (QED) is 0.207. The molecule has 0 bridgehead atoms. The van der Waals surface area contributed by atoms with E-state index < -0.39 is 22.5 Å². The van der Waals surface area contributed by atoms with Crippen molar-refractivity contribution in [3.8, 4) is 5.69 Å². The number of amides is 1. The third kappa shape index (κ3) is 5.93. The number of rotatable bonds is 8. The average molecular weight is 570 g/mol. The fraction of sp³-hybridized carbons (Fsp3) is 0.143. The highest BCUT2D eigenvalue weighted by Crippen LogP contribution is 2.30. The number of carbonyl (C=O) groups excluding carboxylic acids is 1. The van der Waals surface area contributed by atoms with E-state index in [1.165, 1.54) is 30.3 Å². The van der Waals surface area contributed by atoms with Gasteiger partial charge < -0.3 is 4.57 Å². The SMILES string of the molecule is Cc1cccc(-n2c(C)cc(/C=N/NC(=O)CN(c3ccc(Cl)c(Cl)c3)S(=O)(=O)c3ccccc3)c2C)c1. The molecule has 3 aromatic carbocycles. The van der Waals surface area contributed by atoms with Crippen molar-refractivity contribution in [2.45, 2.75) is 25.7 Å². The average Bonchev–Trinajstić information content (AvgIpc) is 3.17. The number of carbonyl (C=O) groups is 1. The molecule has 1 N–H and O–H groups in total. The highest BCUT2D eigenvalue weighted by molar-refractivity contribution is 7.92. The minimum atomic E-state index is -4.08. The number of hydrazone groups is 1. The molecule has 10 heteroatoms. The maximum atomic E-state index is 13.4. The van der Waals surface area contributed by atoms with Crippen molar-refractivity contribution in [2.75, 3.05) is 10.8 Å². The Balaban J connectivity index is 1.56. The molecule has 1 amide bonds. The van der Waals surface area contributed by atoms with Gasteiger partial charge in [0.15, 0.2) is 0 Å². The lowest BCUT2D eigenvalue weighted by atomic mass is 10.2. The molecule has 1 heterocycles. The first kappa shape index (κ1) is 27.4. The third-order valence-electron chi connectivity index (χ3n) is 5.93. The van der Waals surface area contributed by atoms with Gasteiger partial charge >= 0.3 is 0 Å². The number of anilines is 1. The second kappa shape index (κ2) is 11.4. The first-order chi connectivity index (χ1) is 18.1. The van der Waals surface area contributed by atoms with Crippen molar-refractivity contribution in [3.05, 3.63) is 111 Å². The topological polar surface area (TPSA) is 83.8 Å². The van der Waals surface area contributed by atoms with E-state index in [4.69, 9.17) is 23.2 Å². The fourth-order valence-corrected chi connectivity index (χ4v) is 5.82. The van der Waals surface area contributed by atoms with Crippen LogP contribution in [0.1, 0.15) is 22.5 Å². The molecule has 1 aromatic heterocycles. The number of halogens is 2. The maximum absolute atomic E-state index is 13.4. The van der Waals surface area contributed by atoms with Gasteiger partial charge in [-0.25, -0.2) is 13.8 Å². The van der Waals surface area contributed by atoms with Crippen molar-refractivity contribution in [2.24, 2.45) is 5.10 Å². The zero-order valence-corrected chi connectivity index (χ0v) is 23.3. The molecule has 38 heavy (non-hydrogen) atoms. The first-order valence-electron chi connectivity index (χ1n) is 11.7. The van der Waals surface area contributed by atoms with Gasteiger partial charge in [-0.3, -0.25) is 9.10 Å². The van der Waals surface area contributed by atoms with Crippen molar-refractivity contribution >= 4 is 51.0 Å². The van der Waals surface area contributed by atoms with E-state index in [2.05, 4.69) is 21.2 Å². The van der Waals surface area contributed by atoms with Crippen LogP contribution in [0.2, 0.25) is 10.0 Å². The number of sulfonamides is 1. The molecule has 0 aliphatic rings. The summed E-state index contributed by atoms with van der Waals surface area (Å²) < 4.78 is 29.9. The number of aryl methyl sites for hydroxylation is 2. The molecular weight excluding hydrogens is 543 g/mol. The van der Waals surface area contributed by atoms with Crippen molar-refractivity contribution < 1.29 is 13.2 Å². The van der Waals surface area contributed by atoms with Crippen LogP contribution in [-0.4, -0.2) is 31.7 Å². The second-order valence-electron chi connectivity index (χ2n) is 8.72. The molecule has 0 unspecified atom stereocenters. The van der Waals surface area contributed by atoms with Crippen LogP contribution in [0.4, 0.5) is 5.69 Å². The van der Waals surface area contributed by atoms with Crippen LogP contribution in [0, 0.1) is 20.8 Å². The number of hydrogen-bond acceptors (Lipinski definition) is 4. The lowest BCUT2D eigenvalue weighted by Gasteiger charge is -2.24. The normalized spacial score (nSPS) is 11.6. The minimum absolute atomic E-state index is 0.0333. The van der Waals surface area contributed by atoms with Gasteiger partial charge in [-0.1, -0.05) is 53.5 Å². The van der Waals surface area contributed by atoms with Crippen LogP contribution < -0.4 is 9.73 Å². The molecule has 4 aromatic rings. The summed E-state index contributed by atoms with van der Waals surface area (Å²) in [4.78, 5) is 12.9. The Morgan fingerprint density at radius 2 is 1.68 bits per heavy atom. The van der Waals surface area contributed by atoms with Gasteiger partial charge in [0.25, 0.3) is 15.9 Å². The van der Waals surface area contributed by atoms with Crippen LogP contribution in [0.3, 0.4) is 0 Å². The Hall–Kier alpha value is -3.59. The van der Waals surface area contributed by atoms with Crippen LogP contribution in [-0.2, 0) is 14.8 Å². The molecule has 0 aliphatic carbocycles. The van der Waals surface area contributed by atoms with Gasteiger partial charge in [-0.2, -0.15) is 5.10 Å². The summed E-state index contributed by atoms with van der Waals surface area (Å²) in [5.41, 5.74) is 7.61. The number of nitrogens with one attached hydrogen (secondary N) is 1. The highest BCUT2D eigenvalue weighted by Gasteiger charge is 2.27. The van der Waals surface area contributed by atoms with E-state index in [-0.39, 0.29) is 20.6 Å². The summed E-state index contributed by atoms with van der Waals surface area (Å²) in [6.45, 7) is 5.48. The summed E-state index contributed by atoms with van der Waals surface area (Å²) in [6.07, 6.45) is 1.54. The van der Waals surface area contributed by atoms with Gasteiger partial charge in [0.2, 0.25) is 0 Å². The molecular formula is C28H26Cl2N4O3S. The van der Waals surface area contributed by atoms with Crippen LogP contribution in [0.15, 0.2) is 88.9 Å². The molecule has 0 atom stereocenters. The summed E-state index contributed by atoms with van der Waals surface area (Å²) in [5.74, 6) is -0.626. The Morgan fingerprint density at radius 3 is 2.37 bits per heavy atom. The zero-order chi connectivity index (χ0) is 27.4. The standard InChI is InChI=1S/C28H26Cl2N4O3S/c1-19-8-7-9-24(14-19)34-20(2)15-22(21(34)3)17-31-32-28(35)18-33(23-12-13-26(29)27(30)16-23)38(36,37)25-10-5-4-6-11-25/h4-17H,18H2,1-3H3,(H,32,35)/b31-17+. The summed E-state index contributed by atoms with van der Waals surface area (Å²) in [7, 11) is -4.08. The van der Waals surface area contributed by atoms with Gasteiger partial charge in [0, 0.05) is 22.6 Å².